The molecule has 0 aliphatic heterocycles. The van der Waals surface area contributed by atoms with E-state index < -0.39 is 5.97 Å². The predicted molar refractivity (Wildman–Crippen MR) is 87.3 cm³/mol. The zero-order valence-corrected chi connectivity index (χ0v) is 13.4. The third-order valence-corrected chi connectivity index (χ3v) is 3.83. The highest BCUT2D eigenvalue weighted by Crippen LogP contribution is 2.28. The molecule has 116 valence electrons. The Morgan fingerprint density at radius 1 is 1.27 bits per heavy atom. The summed E-state index contributed by atoms with van der Waals surface area (Å²) in [4.78, 5) is 15.1. The first-order chi connectivity index (χ1) is 10.5. The van der Waals surface area contributed by atoms with Gasteiger partial charge in [-0.3, -0.25) is 9.78 Å². The normalized spacial score (nSPS) is 10.5. The Labute approximate surface area is 138 Å². The maximum atomic E-state index is 11.0. The maximum Gasteiger partial charge on any atom is 0.309 e. The van der Waals surface area contributed by atoms with Crippen molar-refractivity contribution in [2.24, 2.45) is 0 Å². The van der Waals surface area contributed by atoms with Gasteiger partial charge < -0.3 is 10.1 Å². The Balaban J connectivity index is 2.35. The Morgan fingerprint density at radius 3 is 2.55 bits per heavy atom. The number of anilines is 1. The molecular weight excluding hydrogens is 325 g/mol. The molecule has 1 aromatic carbocycles. The number of aliphatic carboxylic acids is 1. The van der Waals surface area contributed by atoms with E-state index in [2.05, 4.69) is 10.4 Å². The van der Waals surface area contributed by atoms with E-state index in [1.807, 2.05) is 0 Å². The van der Waals surface area contributed by atoms with Gasteiger partial charge in [-0.15, -0.1) is 0 Å². The minimum Gasteiger partial charge on any atom is -0.481 e. The van der Waals surface area contributed by atoms with Gasteiger partial charge in [-0.1, -0.05) is 29.3 Å². The summed E-state index contributed by atoms with van der Waals surface area (Å²) in [6.07, 6.45) is 1.41. The van der Waals surface area contributed by atoms with Gasteiger partial charge in [-0.2, -0.15) is 0 Å². The van der Waals surface area contributed by atoms with Crippen LogP contribution in [0.3, 0.4) is 0 Å². The number of hydrogen-bond acceptors (Lipinski definition) is 4. The number of rotatable bonds is 6. The summed E-state index contributed by atoms with van der Waals surface area (Å²) >= 11 is 12.4. The smallest absolute Gasteiger partial charge is 0.309 e. The molecule has 7 heteroatoms. The minimum absolute atomic E-state index is 0.162. The van der Waals surface area contributed by atoms with Crippen LogP contribution in [0.15, 0.2) is 36.5 Å². The lowest BCUT2D eigenvalue weighted by Crippen LogP contribution is -2.35. The maximum absolute atomic E-state index is 11.0. The van der Waals surface area contributed by atoms with Crippen molar-refractivity contribution < 1.29 is 9.90 Å². The zero-order valence-electron chi connectivity index (χ0n) is 11.9. The number of hydrazine groups is 1. The van der Waals surface area contributed by atoms with E-state index in [0.717, 1.165) is 5.56 Å². The van der Waals surface area contributed by atoms with E-state index in [9.17, 15) is 4.79 Å². The van der Waals surface area contributed by atoms with Crippen LogP contribution in [0.2, 0.25) is 10.0 Å². The van der Waals surface area contributed by atoms with Gasteiger partial charge in [-0.05, 0) is 24.3 Å². The van der Waals surface area contributed by atoms with Crippen molar-refractivity contribution in [3.8, 4) is 0 Å². The summed E-state index contributed by atoms with van der Waals surface area (Å²) < 4.78 is 0. The quantitative estimate of drug-likeness (QED) is 0.791. The van der Waals surface area contributed by atoms with Crippen molar-refractivity contribution in [2.45, 2.75) is 13.0 Å². The van der Waals surface area contributed by atoms with Crippen LogP contribution in [0.25, 0.3) is 0 Å². The Morgan fingerprint density at radius 2 is 1.95 bits per heavy atom. The Kier molecular flexibility index (Phi) is 5.60. The summed E-state index contributed by atoms with van der Waals surface area (Å²) in [5.74, 6) is -0.938. The topological polar surface area (TPSA) is 65.5 Å². The summed E-state index contributed by atoms with van der Waals surface area (Å²) in [5, 5.41) is 11.9. The average Bonchev–Trinajstić information content (AvgIpc) is 2.47. The molecule has 2 N–H and O–H groups in total. The van der Waals surface area contributed by atoms with E-state index >= 15 is 0 Å². The van der Waals surface area contributed by atoms with Gasteiger partial charge >= 0.3 is 5.97 Å². The van der Waals surface area contributed by atoms with Gasteiger partial charge in [0.1, 0.15) is 0 Å². The molecule has 2 aromatic rings. The Bertz CT molecular complexity index is 659. The second-order valence-electron chi connectivity index (χ2n) is 4.55. The fourth-order valence-electron chi connectivity index (χ4n) is 2.08. The Hall–Kier alpha value is -1.82. The van der Waals surface area contributed by atoms with Crippen LogP contribution in [-0.2, 0) is 17.8 Å². The monoisotopic (exact) mass is 339 g/mol. The van der Waals surface area contributed by atoms with Crippen molar-refractivity contribution >= 4 is 34.9 Å². The molecule has 0 spiro atoms. The number of benzene rings is 1. The van der Waals surface area contributed by atoms with Crippen LogP contribution in [0.4, 0.5) is 5.69 Å². The molecule has 0 radical (unpaired) electrons. The van der Waals surface area contributed by atoms with Gasteiger partial charge in [-0.25, -0.2) is 5.43 Å². The lowest BCUT2D eigenvalue weighted by Gasteiger charge is -2.26. The third kappa shape index (κ3) is 3.88. The molecule has 0 aliphatic rings. The van der Waals surface area contributed by atoms with Crippen LogP contribution < -0.4 is 10.4 Å². The molecule has 22 heavy (non-hydrogen) atoms. The van der Waals surface area contributed by atoms with E-state index in [1.54, 1.807) is 48.6 Å². The first-order valence-corrected chi connectivity index (χ1v) is 7.32. The van der Waals surface area contributed by atoms with Gasteiger partial charge in [0, 0.05) is 28.9 Å². The number of carbonyl (C=O) groups is 1. The standard InChI is InChI=1S/C15H15Cl2N3O2/c1-18-20(9-10-11(16)4-2-5-12(10)17)14-6-3-7-19-13(14)8-15(21)22/h2-7,18H,8-9H2,1H3,(H,21,22). The van der Waals surface area contributed by atoms with E-state index in [1.165, 1.54) is 0 Å². The largest absolute Gasteiger partial charge is 0.481 e. The van der Waals surface area contributed by atoms with Gasteiger partial charge in [0.15, 0.2) is 0 Å². The molecule has 0 amide bonds. The zero-order chi connectivity index (χ0) is 16.1. The summed E-state index contributed by atoms with van der Waals surface area (Å²) in [6, 6.07) is 8.85. The molecule has 0 fully saturated rings. The van der Waals surface area contributed by atoms with Crippen molar-refractivity contribution in [3.05, 3.63) is 57.8 Å². The van der Waals surface area contributed by atoms with Gasteiger partial charge in [0.25, 0.3) is 0 Å². The molecular formula is C15H15Cl2N3O2. The lowest BCUT2D eigenvalue weighted by atomic mass is 10.2. The van der Waals surface area contributed by atoms with E-state index in [4.69, 9.17) is 28.3 Å². The van der Waals surface area contributed by atoms with E-state index in [-0.39, 0.29) is 6.42 Å². The number of halogens is 2. The number of hydrogen-bond donors (Lipinski definition) is 2. The molecule has 1 aromatic heterocycles. The van der Waals surface area contributed by atoms with E-state index in [0.29, 0.717) is 28.0 Å². The number of nitrogens with zero attached hydrogens (tertiary/aromatic N) is 2. The third-order valence-electron chi connectivity index (χ3n) is 3.12. The first kappa shape index (κ1) is 16.5. The summed E-state index contributed by atoms with van der Waals surface area (Å²) in [6.45, 7) is 0.382. The van der Waals surface area contributed by atoms with Crippen LogP contribution in [0.5, 0.6) is 0 Å². The highest BCUT2D eigenvalue weighted by molar-refractivity contribution is 6.36. The first-order valence-electron chi connectivity index (χ1n) is 6.56. The molecule has 0 saturated heterocycles. The fourth-order valence-corrected chi connectivity index (χ4v) is 2.60. The number of nitrogens with one attached hydrogen (secondary N) is 1. The SMILES string of the molecule is CNN(Cc1c(Cl)cccc1Cl)c1cccnc1CC(=O)O. The average molecular weight is 340 g/mol. The summed E-state index contributed by atoms with van der Waals surface area (Å²) in [7, 11) is 1.74. The molecule has 1 heterocycles. The van der Waals surface area contributed by atoms with Crippen LogP contribution in [-0.4, -0.2) is 23.1 Å². The lowest BCUT2D eigenvalue weighted by molar-refractivity contribution is -0.136. The second kappa shape index (κ2) is 7.45. The van der Waals surface area contributed by atoms with Crippen molar-refractivity contribution in [1.29, 1.82) is 0 Å². The van der Waals surface area contributed by atoms with Gasteiger partial charge in [0.2, 0.25) is 0 Å². The molecule has 5 nitrogen and oxygen atoms in total. The second-order valence-corrected chi connectivity index (χ2v) is 5.36. The van der Waals surface area contributed by atoms with Crippen LogP contribution >= 0.6 is 23.2 Å². The molecule has 0 saturated carbocycles. The highest BCUT2D eigenvalue weighted by Gasteiger charge is 2.16. The summed E-state index contributed by atoms with van der Waals surface area (Å²) in [5.41, 5.74) is 4.91. The fraction of sp³-hybridized carbons (Fsp3) is 0.200. The molecule has 0 atom stereocenters. The highest BCUT2D eigenvalue weighted by atomic mass is 35.5. The minimum atomic E-state index is -0.938. The number of carboxylic acid groups (broad SMARTS) is 1. The molecule has 0 unspecified atom stereocenters. The van der Waals surface area contributed by atoms with Crippen LogP contribution in [0.1, 0.15) is 11.3 Å². The molecule has 0 bridgehead atoms. The number of aromatic nitrogens is 1. The van der Waals surface area contributed by atoms with Crippen molar-refractivity contribution in [1.82, 2.24) is 10.4 Å². The van der Waals surface area contributed by atoms with Crippen molar-refractivity contribution in [3.63, 3.8) is 0 Å². The molecule has 2 rings (SSSR count). The van der Waals surface area contributed by atoms with Crippen LogP contribution in [0, 0.1) is 0 Å². The number of pyridine rings is 1. The predicted octanol–water partition coefficient (Wildman–Crippen LogP) is 3.16. The molecule has 0 aliphatic carbocycles. The van der Waals surface area contributed by atoms with Crippen molar-refractivity contribution in [2.75, 3.05) is 12.1 Å². The number of carboxylic acids is 1. The van der Waals surface area contributed by atoms with Gasteiger partial charge in [0.05, 0.1) is 24.3 Å².